The highest BCUT2D eigenvalue weighted by molar-refractivity contribution is 5.94. The maximum Gasteiger partial charge on any atom is 0.251 e. The van der Waals surface area contributed by atoms with Crippen molar-refractivity contribution in [2.75, 3.05) is 25.1 Å². The summed E-state index contributed by atoms with van der Waals surface area (Å²) in [6.07, 6.45) is 1.93. The third-order valence-electron chi connectivity index (χ3n) is 4.30. The molecule has 1 amide bonds. The molecule has 1 fully saturated rings. The summed E-state index contributed by atoms with van der Waals surface area (Å²) in [5, 5.41) is 3.14. The summed E-state index contributed by atoms with van der Waals surface area (Å²) < 4.78 is 5.19. The molecule has 1 saturated heterocycles. The third-order valence-corrected chi connectivity index (χ3v) is 4.30. The fraction of sp³-hybridized carbons (Fsp3) is 0.316. The number of piperidine rings is 1. The Labute approximate surface area is 137 Å². The monoisotopic (exact) mass is 310 g/mol. The van der Waals surface area contributed by atoms with Gasteiger partial charge in [-0.15, -0.1) is 0 Å². The smallest absolute Gasteiger partial charge is 0.251 e. The zero-order valence-corrected chi connectivity index (χ0v) is 13.4. The molecule has 1 aliphatic rings. The van der Waals surface area contributed by atoms with E-state index >= 15 is 0 Å². The molecule has 1 heterocycles. The minimum absolute atomic E-state index is 0.0218. The molecule has 0 saturated carbocycles. The number of hydrogen-bond donors (Lipinski definition) is 1. The molecule has 3 rings (SSSR count). The molecule has 2 aromatic rings. The predicted molar refractivity (Wildman–Crippen MR) is 92.1 cm³/mol. The van der Waals surface area contributed by atoms with Gasteiger partial charge >= 0.3 is 0 Å². The fourth-order valence-corrected chi connectivity index (χ4v) is 2.93. The van der Waals surface area contributed by atoms with Gasteiger partial charge in [0.1, 0.15) is 5.75 Å². The summed E-state index contributed by atoms with van der Waals surface area (Å²) in [7, 11) is 1.68. The largest absolute Gasteiger partial charge is 0.497 e. The van der Waals surface area contributed by atoms with E-state index in [0.717, 1.165) is 37.2 Å². The number of benzene rings is 2. The highest BCUT2D eigenvalue weighted by Gasteiger charge is 2.21. The lowest BCUT2D eigenvalue weighted by molar-refractivity contribution is 0.0931. The normalized spacial score (nSPS) is 15.3. The second-order valence-electron chi connectivity index (χ2n) is 5.80. The molecule has 2 aromatic carbocycles. The highest BCUT2D eigenvalue weighted by atomic mass is 16.5. The Bertz CT molecular complexity index is 632. The van der Waals surface area contributed by atoms with Crippen LogP contribution in [0.1, 0.15) is 23.2 Å². The Morgan fingerprint density at radius 2 is 1.70 bits per heavy atom. The van der Waals surface area contributed by atoms with Crippen molar-refractivity contribution in [2.24, 2.45) is 0 Å². The highest BCUT2D eigenvalue weighted by Crippen LogP contribution is 2.22. The minimum Gasteiger partial charge on any atom is -0.497 e. The Kier molecular flexibility index (Phi) is 4.81. The number of carbonyl (C=O) groups is 1. The van der Waals surface area contributed by atoms with Crippen LogP contribution in [0.2, 0.25) is 0 Å². The maximum absolute atomic E-state index is 12.2. The van der Waals surface area contributed by atoms with E-state index < -0.39 is 0 Å². The van der Waals surface area contributed by atoms with Crippen LogP contribution in [-0.2, 0) is 0 Å². The van der Waals surface area contributed by atoms with E-state index in [2.05, 4.69) is 22.3 Å². The minimum atomic E-state index is 0.0218. The molecule has 23 heavy (non-hydrogen) atoms. The number of methoxy groups -OCH3 is 1. The summed E-state index contributed by atoms with van der Waals surface area (Å²) in [5.74, 6) is 0.896. The van der Waals surface area contributed by atoms with Gasteiger partial charge in [0.15, 0.2) is 0 Å². The van der Waals surface area contributed by atoms with Crippen molar-refractivity contribution in [3.63, 3.8) is 0 Å². The van der Waals surface area contributed by atoms with E-state index in [1.807, 2.05) is 42.5 Å². The van der Waals surface area contributed by atoms with Crippen molar-refractivity contribution < 1.29 is 9.53 Å². The van der Waals surface area contributed by atoms with Gasteiger partial charge in [-0.2, -0.15) is 0 Å². The number of anilines is 1. The van der Waals surface area contributed by atoms with Crippen LogP contribution in [0.15, 0.2) is 54.6 Å². The molecular formula is C19H22N2O2. The lowest BCUT2D eigenvalue weighted by atomic mass is 10.0. The van der Waals surface area contributed by atoms with Gasteiger partial charge in [0.2, 0.25) is 0 Å². The van der Waals surface area contributed by atoms with Crippen LogP contribution >= 0.6 is 0 Å². The number of nitrogens with zero attached hydrogens (tertiary/aromatic N) is 1. The van der Waals surface area contributed by atoms with Crippen LogP contribution in [0.5, 0.6) is 5.75 Å². The third kappa shape index (κ3) is 3.83. The van der Waals surface area contributed by atoms with Crippen LogP contribution in [0.25, 0.3) is 0 Å². The number of ether oxygens (including phenoxy) is 1. The second-order valence-corrected chi connectivity index (χ2v) is 5.80. The molecule has 0 aromatic heterocycles. The van der Waals surface area contributed by atoms with Gasteiger partial charge in [-0.3, -0.25) is 4.79 Å². The molecule has 120 valence electrons. The molecule has 0 unspecified atom stereocenters. The Morgan fingerprint density at radius 1 is 1.04 bits per heavy atom. The molecule has 4 heteroatoms. The van der Waals surface area contributed by atoms with E-state index in [1.54, 1.807) is 7.11 Å². The second kappa shape index (κ2) is 7.18. The standard InChI is InChI=1S/C19H22N2O2/c1-23-18-9-7-17(8-10-18)21-13-11-16(12-14-21)20-19(22)15-5-3-2-4-6-15/h2-10,16H,11-14H2,1H3,(H,20,22). The van der Waals surface area contributed by atoms with E-state index in [4.69, 9.17) is 4.74 Å². The first-order valence-electron chi connectivity index (χ1n) is 8.01. The predicted octanol–water partition coefficient (Wildman–Crippen LogP) is 3.09. The molecule has 0 radical (unpaired) electrons. The Hall–Kier alpha value is -2.49. The van der Waals surface area contributed by atoms with Gasteiger partial charge in [0.05, 0.1) is 7.11 Å². The van der Waals surface area contributed by atoms with Crippen LogP contribution in [0.3, 0.4) is 0 Å². The van der Waals surface area contributed by atoms with Crippen LogP contribution in [-0.4, -0.2) is 32.1 Å². The number of nitrogens with one attached hydrogen (secondary N) is 1. The van der Waals surface area contributed by atoms with E-state index in [-0.39, 0.29) is 11.9 Å². The molecule has 0 bridgehead atoms. The molecular weight excluding hydrogens is 288 g/mol. The summed E-state index contributed by atoms with van der Waals surface area (Å²) >= 11 is 0. The molecule has 1 N–H and O–H groups in total. The molecule has 4 nitrogen and oxygen atoms in total. The van der Waals surface area contributed by atoms with Gasteiger partial charge in [-0.05, 0) is 49.2 Å². The molecule has 0 atom stereocenters. The Morgan fingerprint density at radius 3 is 2.30 bits per heavy atom. The zero-order valence-electron chi connectivity index (χ0n) is 13.4. The van der Waals surface area contributed by atoms with Crippen molar-refractivity contribution in [1.82, 2.24) is 5.32 Å². The van der Waals surface area contributed by atoms with Crippen LogP contribution < -0.4 is 15.0 Å². The van der Waals surface area contributed by atoms with Crippen LogP contribution in [0, 0.1) is 0 Å². The Balaban J connectivity index is 1.53. The first-order valence-corrected chi connectivity index (χ1v) is 8.01. The zero-order chi connectivity index (χ0) is 16.1. The average Bonchev–Trinajstić information content (AvgIpc) is 2.63. The maximum atomic E-state index is 12.2. The van der Waals surface area contributed by atoms with Crippen molar-refractivity contribution in [3.8, 4) is 5.75 Å². The van der Waals surface area contributed by atoms with Crippen molar-refractivity contribution in [2.45, 2.75) is 18.9 Å². The van der Waals surface area contributed by atoms with Gasteiger partial charge in [0, 0.05) is 30.4 Å². The first-order chi connectivity index (χ1) is 11.3. The molecule has 1 aliphatic heterocycles. The quantitative estimate of drug-likeness (QED) is 0.943. The van der Waals surface area contributed by atoms with Gasteiger partial charge in [-0.25, -0.2) is 0 Å². The number of rotatable bonds is 4. The summed E-state index contributed by atoms with van der Waals surface area (Å²) in [6, 6.07) is 17.8. The topological polar surface area (TPSA) is 41.6 Å². The average molecular weight is 310 g/mol. The number of carbonyl (C=O) groups excluding carboxylic acids is 1. The number of amides is 1. The first kappa shape index (κ1) is 15.4. The SMILES string of the molecule is COc1ccc(N2CCC(NC(=O)c3ccccc3)CC2)cc1. The molecule has 0 spiro atoms. The van der Waals surface area contributed by atoms with E-state index in [1.165, 1.54) is 5.69 Å². The van der Waals surface area contributed by atoms with Crippen molar-refractivity contribution in [1.29, 1.82) is 0 Å². The van der Waals surface area contributed by atoms with E-state index in [9.17, 15) is 4.79 Å². The van der Waals surface area contributed by atoms with Crippen molar-refractivity contribution in [3.05, 3.63) is 60.2 Å². The van der Waals surface area contributed by atoms with Crippen molar-refractivity contribution >= 4 is 11.6 Å². The van der Waals surface area contributed by atoms with Gasteiger partial charge < -0.3 is 15.0 Å². The summed E-state index contributed by atoms with van der Waals surface area (Å²) in [5.41, 5.74) is 1.93. The van der Waals surface area contributed by atoms with E-state index in [0.29, 0.717) is 0 Å². The summed E-state index contributed by atoms with van der Waals surface area (Å²) in [4.78, 5) is 14.5. The number of hydrogen-bond acceptors (Lipinski definition) is 3. The lowest BCUT2D eigenvalue weighted by Crippen LogP contribution is -2.44. The van der Waals surface area contributed by atoms with Crippen LogP contribution in [0.4, 0.5) is 5.69 Å². The lowest BCUT2D eigenvalue weighted by Gasteiger charge is -2.34. The van der Waals surface area contributed by atoms with Gasteiger partial charge in [-0.1, -0.05) is 18.2 Å². The summed E-state index contributed by atoms with van der Waals surface area (Å²) in [6.45, 7) is 1.90. The molecule has 0 aliphatic carbocycles. The van der Waals surface area contributed by atoms with Gasteiger partial charge in [0.25, 0.3) is 5.91 Å². The fourth-order valence-electron chi connectivity index (χ4n) is 2.93.